The summed E-state index contributed by atoms with van der Waals surface area (Å²) < 4.78 is 28.5. The maximum absolute atomic E-state index is 13.3. The van der Waals surface area contributed by atoms with Crippen molar-refractivity contribution in [3.05, 3.63) is 89.2 Å². The molecule has 0 bridgehead atoms. The van der Waals surface area contributed by atoms with Crippen LogP contribution >= 0.6 is 0 Å². The van der Waals surface area contributed by atoms with Crippen LogP contribution in [0, 0.1) is 13.8 Å². The molecule has 0 atom stereocenters. The minimum absolute atomic E-state index is 0.0339. The van der Waals surface area contributed by atoms with E-state index in [0.29, 0.717) is 48.3 Å². The summed E-state index contributed by atoms with van der Waals surface area (Å²) in [5, 5.41) is 3.00. The highest BCUT2D eigenvalue weighted by Crippen LogP contribution is 2.22. The van der Waals surface area contributed by atoms with Crippen LogP contribution in [0.15, 0.2) is 71.9 Å². The molecule has 182 valence electrons. The molecular formula is C26H28N4O4S. The number of nitrogens with zero attached hydrogens (tertiary/aromatic N) is 2. The molecule has 0 unspecified atom stereocenters. The van der Waals surface area contributed by atoms with Crippen molar-refractivity contribution in [1.29, 1.82) is 0 Å². The van der Waals surface area contributed by atoms with Gasteiger partial charge in [-0.25, -0.2) is 8.42 Å². The van der Waals surface area contributed by atoms with Crippen LogP contribution in [0.2, 0.25) is 0 Å². The molecule has 2 amide bonds. The normalized spacial score (nSPS) is 14.4. The zero-order valence-corrected chi connectivity index (χ0v) is 20.5. The van der Waals surface area contributed by atoms with Gasteiger partial charge in [0.1, 0.15) is 0 Å². The number of carbonyl (C=O) groups is 2. The molecule has 35 heavy (non-hydrogen) atoms. The molecule has 1 aromatic heterocycles. The molecule has 1 aliphatic heterocycles. The van der Waals surface area contributed by atoms with Gasteiger partial charge in [-0.15, -0.1) is 0 Å². The van der Waals surface area contributed by atoms with Gasteiger partial charge in [0.15, 0.2) is 0 Å². The van der Waals surface area contributed by atoms with E-state index in [0.717, 1.165) is 5.56 Å². The van der Waals surface area contributed by atoms with Gasteiger partial charge in [-0.05, 0) is 74.2 Å². The van der Waals surface area contributed by atoms with E-state index in [1.165, 1.54) is 18.3 Å². The summed E-state index contributed by atoms with van der Waals surface area (Å²) >= 11 is 0. The molecule has 8 nitrogen and oxygen atoms in total. The Kier molecular flexibility index (Phi) is 7.16. The number of aryl methyl sites for hydroxylation is 2. The van der Waals surface area contributed by atoms with Crippen molar-refractivity contribution in [3.8, 4) is 0 Å². The summed E-state index contributed by atoms with van der Waals surface area (Å²) in [5.41, 5.74) is 2.96. The largest absolute Gasteiger partial charge is 0.349 e. The number of amides is 2. The van der Waals surface area contributed by atoms with Crippen molar-refractivity contribution in [1.82, 2.24) is 15.2 Å². The van der Waals surface area contributed by atoms with Crippen molar-refractivity contribution in [2.45, 2.75) is 37.6 Å². The number of piperidine rings is 1. The van der Waals surface area contributed by atoms with Crippen LogP contribution in [0.4, 0.5) is 5.69 Å². The Bertz CT molecular complexity index is 1330. The van der Waals surface area contributed by atoms with Crippen molar-refractivity contribution < 1.29 is 18.0 Å². The zero-order chi connectivity index (χ0) is 25.0. The number of carbonyl (C=O) groups excluding carboxylic acids is 2. The Morgan fingerprint density at radius 2 is 1.77 bits per heavy atom. The van der Waals surface area contributed by atoms with Crippen molar-refractivity contribution in [2.24, 2.45) is 0 Å². The molecule has 2 aromatic carbocycles. The Hall–Kier alpha value is -3.72. The maximum atomic E-state index is 13.3. The third-order valence-electron chi connectivity index (χ3n) is 6.06. The summed E-state index contributed by atoms with van der Waals surface area (Å²) in [6.07, 6.45) is 4.36. The van der Waals surface area contributed by atoms with E-state index in [-0.39, 0.29) is 22.8 Å². The van der Waals surface area contributed by atoms with Crippen LogP contribution in [-0.4, -0.2) is 49.2 Å². The molecule has 0 saturated carbocycles. The van der Waals surface area contributed by atoms with Gasteiger partial charge in [0.25, 0.3) is 21.8 Å². The third kappa shape index (κ3) is 5.86. The highest BCUT2D eigenvalue weighted by atomic mass is 32.2. The van der Waals surface area contributed by atoms with E-state index in [9.17, 15) is 18.0 Å². The second-order valence-electron chi connectivity index (χ2n) is 8.73. The molecule has 3 aromatic rings. The molecule has 1 fully saturated rings. The standard InChI is InChI=1S/C26H28N4O4S/c1-18-5-3-7-22(15-18)29-35(33,34)23-9-8-19(2)24(16-23)26(32)30-13-10-21(11-14-30)28-25(31)20-6-4-12-27-17-20/h3-9,12,15-17,21,29H,10-11,13-14H2,1-2H3,(H,28,31). The van der Waals surface area contributed by atoms with E-state index in [2.05, 4.69) is 15.0 Å². The fourth-order valence-corrected chi connectivity index (χ4v) is 5.16. The summed E-state index contributed by atoms with van der Waals surface area (Å²) in [4.78, 5) is 31.4. The predicted octanol–water partition coefficient (Wildman–Crippen LogP) is 3.53. The molecular weight excluding hydrogens is 464 g/mol. The number of rotatable bonds is 6. The maximum Gasteiger partial charge on any atom is 0.261 e. The number of aromatic nitrogens is 1. The molecule has 2 N–H and O–H groups in total. The number of anilines is 1. The highest BCUT2D eigenvalue weighted by Gasteiger charge is 2.27. The first-order valence-corrected chi connectivity index (χ1v) is 12.9. The molecule has 1 saturated heterocycles. The van der Waals surface area contributed by atoms with Gasteiger partial charge in [-0.2, -0.15) is 0 Å². The quantitative estimate of drug-likeness (QED) is 0.547. The second-order valence-corrected chi connectivity index (χ2v) is 10.4. The lowest BCUT2D eigenvalue weighted by Crippen LogP contribution is -2.46. The number of hydrogen-bond acceptors (Lipinski definition) is 5. The number of sulfonamides is 1. The molecule has 2 heterocycles. The van der Waals surface area contributed by atoms with Crippen LogP contribution in [0.1, 0.15) is 44.7 Å². The predicted molar refractivity (Wildman–Crippen MR) is 134 cm³/mol. The molecule has 0 spiro atoms. The average Bonchev–Trinajstić information content (AvgIpc) is 2.84. The van der Waals surface area contributed by atoms with Crippen molar-refractivity contribution in [3.63, 3.8) is 0 Å². The average molecular weight is 493 g/mol. The van der Waals surface area contributed by atoms with E-state index in [4.69, 9.17) is 0 Å². The fraction of sp³-hybridized carbons (Fsp3) is 0.269. The van der Waals surface area contributed by atoms with Crippen molar-refractivity contribution >= 4 is 27.5 Å². The first-order chi connectivity index (χ1) is 16.7. The van der Waals surface area contributed by atoms with E-state index in [1.807, 2.05) is 13.0 Å². The molecule has 0 aliphatic carbocycles. The van der Waals surface area contributed by atoms with Gasteiger partial charge < -0.3 is 10.2 Å². The third-order valence-corrected chi connectivity index (χ3v) is 7.44. The molecule has 9 heteroatoms. The van der Waals surface area contributed by atoms with E-state index < -0.39 is 10.0 Å². The lowest BCUT2D eigenvalue weighted by Gasteiger charge is -2.32. The highest BCUT2D eigenvalue weighted by molar-refractivity contribution is 7.92. The monoisotopic (exact) mass is 492 g/mol. The molecule has 1 aliphatic rings. The number of hydrogen-bond donors (Lipinski definition) is 2. The summed E-state index contributed by atoms with van der Waals surface area (Å²) in [6.45, 7) is 4.61. The summed E-state index contributed by atoms with van der Waals surface area (Å²) in [7, 11) is -3.86. The first-order valence-electron chi connectivity index (χ1n) is 11.4. The fourth-order valence-electron chi connectivity index (χ4n) is 4.08. The van der Waals surface area contributed by atoms with Gasteiger partial charge in [0.05, 0.1) is 10.5 Å². The summed E-state index contributed by atoms with van der Waals surface area (Å²) in [6, 6.07) is 15.1. The number of benzene rings is 2. The van der Waals surface area contributed by atoms with E-state index >= 15 is 0 Å². The molecule has 4 rings (SSSR count). The lowest BCUT2D eigenvalue weighted by atomic mass is 10.0. The number of pyridine rings is 1. The SMILES string of the molecule is Cc1cccc(NS(=O)(=O)c2ccc(C)c(C(=O)N3CCC(NC(=O)c4cccnc4)CC3)c2)c1. The number of nitrogens with one attached hydrogen (secondary N) is 2. The smallest absolute Gasteiger partial charge is 0.261 e. The van der Waals surface area contributed by atoms with Crippen LogP contribution in [0.25, 0.3) is 0 Å². The topological polar surface area (TPSA) is 108 Å². The van der Waals surface area contributed by atoms with Crippen molar-refractivity contribution in [2.75, 3.05) is 17.8 Å². The first kappa shape index (κ1) is 24.4. The van der Waals surface area contributed by atoms with E-state index in [1.54, 1.807) is 54.4 Å². The minimum Gasteiger partial charge on any atom is -0.349 e. The van der Waals surface area contributed by atoms with Crippen LogP contribution in [0.3, 0.4) is 0 Å². The minimum atomic E-state index is -3.86. The Labute approximate surface area is 205 Å². The Balaban J connectivity index is 1.42. The lowest BCUT2D eigenvalue weighted by molar-refractivity contribution is 0.0697. The number of likely N-dealkylation sites (tertiary alicyclic amines) is 1. The Morgan fingerprint density at radius 3 is 2.46 bits per heavy atom. The zero-order valence-electron chi connectivity index (χ0n) is 19.7. The van der Waals surface area contributed by atoms with Crippen LogP contribution in [-0.2, 0) is 10.0 Å². The van der Waals surface area contributed by atoms with Crippen LogP contribution < -0.4 is 10.0 Å². The molecule has 0 radical (unpaired) electrons. The van der Waals surface area contributed by atoms with Gasteiger partial charge in [-0.3, -0.25) is 19.3 Å². The second kappa shape index (κ2) is 10.3. The Morgan fingerprint density at radius 1 is 1.00 bits per heavy atom. The van der Waals surface area contributed by atoms with Gasteiger partial charge in [0.2, 0.25) is 0 Å². The van der Waals surface area contributed by atoms with Crippen LogP contribution in [0.5, 0.6) is 0 Å². The van der Waals surface area contributed by atoms with Gasteiger partial charge in [-0.1, -0.05) is 18.2 Å². The summed E-state index contributed by atoms with van der Waals surface area (Å²) in [5.74, 6) is -0.398. The van der Waals surface area contributed by atoms with Gasteiger partial charge >= 0.3 is 0 Å². The van der Waals surface area contributed by atoms with Gasteiger partial charge in [0, 0.05) is 42.8 Å².